The minimum Gasteiger partial charge on any atom is -0.232 e. The molecule has 0 rings (SSSR count). The van der Waals surface area contributed by atoms with Gasteiger partial charge < -0.3 is 0 Å². The molecule has 0 aliphatic heterocycles. The van der Waals surface area contributed by atoms with Crippen LogP contribution < -0.4 is 0 Å². The van der Waals surface area contributed by atoms with Crippen molar-refractivity contribution in [3.05, 3.63) is 12.2 Å². The molecule has 9 heavy (non-hydrogen) atoms. The van der Waals surface area contributed by atoms with Crippen LogP contribution in [0.2, 0.25) is 0 Å². The first-order valence-electron chi connectivity index (χ1n) is 2.36. The van der Waals surface area contributed by atoms with Crippen LogP contribution in [-0.4, -0.2) is 12.8 Å². The maximum atomic E-state index is 11.2. The summed E-state index contributed by atoms with van der Waals surface area (Å²) in [6.45, 7) is -0.587. The molecule has 0 heterocycles. The molecule has 0 N–H and O–H groups in total. The molecule has 4 heteroatoms. The number of alkyl halides is 3. The van der Waals surface area contributed by atoms with Crippen LogP contribution in [0.1, 0.15) is 6.42 Å². The number of hydrogen-bond acceptors (Lipinski definition) is 0. The first kappa shape index (κ1) is 8.49. The molecule has 0 spiro atoms. The van der Waals surface area contributed by atoms with E-state index in [0.717, 1.165) is 12.2 Å². The lowest BCUT2D eigenvalue weighted by atomic mass is 10.4. The predicted molar refractivity (Wildman–Crippen MR) is 25.4 cm³/mol. The zero-order valence-corrected chi connectivity index (χ0v) is 4.61. The molecule has 1 nitrogen and oxygen atoms in total. The van der Waals surface area contributed by atoms with Crippen LogP contribution in [0.5, 0.6) is 0 Å². The quantitative estimate of drug-likeness (QED) is 0.521. The van der Waals surface area contributed by atoms with Gasteiger partial charge in [-0.3, -0.25) is 0 Å². The van der Waals surface area contributed by atoms with Crippen molar-refractivity contribution in [2.24, 2.45) is 0 Å². The maximum absolute atomic E-state index is 11.2. The average Bonchev–Trinajstić information content (AvgIpc) is 1.63. The van der Waals surface area contributed by atoms with Crippen LogP contribution in [-0.2, 0) is 5.11 Å². The van der Waals surface area contributed by atoms with Gasteiger partial charge in [0.05, 0.1) is 6.42 Å². The molecule has 53 valence electrons. The fourth-order valence-corrected chi connectivity index (χ4v) is 0.285. The zero-order chi connectivity index (χ0) is 7.33. The highest BCUT2D eigenvalue weighted by atomic mass is 19.4. The van der Waals surface area contributed by atoms with Crippen molar-refractivity contribution in [2.45, 2.75) is 12.6 Å². The first-order valence-corrected chi connectivity index (χ1v) is 2.36. The Morgan fingerprint density at radius 3 is 2.11 bits per heavy atom. The Morgan fingerprint density at radius 1 is 1.22 bits per heavy atom. The summed E-state index contributed by atoms with van der Waals surface area (Å²) >= 11 is 0. The summed E-state index contributed by atoms with van der Waals surface area (Å²) < 4.78 is 33.7. The monoisotopic (exact) mass is 139 g/mol. The Morgan fingerprint density at radius 2 is 1.78 bits per heavy atom. The summed E-state index contributed by atoms with van der Waals surface area (Å²) in [5, 5.41) is 9.56. The van der Waals surface area contributed by atoms with Crippen molar-refractivity contribution >= 4 is 0 Å². The molecule has 0 saturated carbocycles. The van der Waals surface area contributed by atoms with Gasteiger partial charge in [0.15, 0.2) is 0 Å². The Hall–Kier alpha value is -0.510. The third-order valence-corrected chi connectivity index (χ3v) is 0.612. The molecule has 0 aromatic heterocycles. The van der Waals surface area contributed by atoms with Crippen molar-refractivity contribution in [3.8, 4) is 0 Å². The molecular weight excluding hydrogens is 133 g/mol. The highest BCUT2D eigenvalue weighted by molar-refractivity contribution is 4.82. The fourth-order valence-electron chi connectivity index (χ4n) is 0.285. The number of hydrogen-bond donors (Lipinski definition) is 0. The Kier molecular flexibility index (Phi) is 3.30. The third kappa shape index (κ3) is 7.49. The molecule has 0 fully saturated rings. The van der Waals surface area contributed by atoms with Crippen molar-refractivity contribution in [1.29, 1.82) is 0 Å². The minimum absolute atomic E-state index is 0.587. The highest BCUT2D eigenvalue weighted by Gasteiger charge is 2.24. The first-order chi connectivity index (χ1) is 4.06. The lowest BCUT2D eigenvalue weighted by Gasteiger charge is -1.98. The number of halogens is 3. The number of rotatable bonds is 2. The number of allylic oxidation sites excluding steroid dienone is 1. The van der Waals surface area contributed by atoms with Gasteiger partial charge in [-0.1, -0.05) is 12.2 Å². The van der Waals surface area contributed by atoms with E-state index in [9.17, 15) is 18.3 Å². The Bertz CT molecular complexity index is 94.9. The predicted octanol–water partition coefficient (Wildman–Crippen LogP) is 1.93. The minimum atomic E-state index is -4.17. The summed E-state index contributed by atoms with van der Waals surface area (Å²) in [4.78, 5) is 0. The van der Waals surface area contributed by atoms with Crippen LogP contribution in [0.25, 0.3) is 0 Å². The second-order valence-electron chi connectivity index (χ2n) is 1.46. The molecule has 0 unspecified atom stereocenters. The van der Waals surface area contributed by atoms with Gasteiger partial charge in [0.1, 0.15) is 6.61 Å². The van der Waals surface area contributed by atoms with Crippen LogP contribution in [0, 0.1) is 0 Å². The lowest BCUT2D eigenvalue weighted by molar-refractivity contribution is -0.125. The normalized spacial score (nSPS) is 12.9. The Labute approximate surface area is 50.8 Å². The SMILES string of the molecule is [O]C/C=C/CC(F)(F)F. The van der Waals surface area contributed by atoms with Crippen molar-refractivity contribution in [3.63, 3.8) is 0 Å². The summed E-state index contributed by atoms with van der Waals surface area (Å²) in [6.07, 6.45) is -3.40. The van der Waals surface area contributed by atoms with Gasteiger partial charge in [-0.2, -0.15) is 13.2 Å². The van der Waals surface area contributed by atoms with Crippen LogP contribution in [0.3, 0.4) is 0 Å². The van der Waals surface area contributed by atoms with Gasteiger partial charge in [0.25, 0.3) is 0 Å². The van der Waals surface area contributed by atoms with Crippen LogP contribution in [0.15, 0.2) is 12.2 Å². The molecule has 0 aliphatic rings. The van der Waals surface area contributed by atoms with Crippen molar-refractivity contribution < 1.29 is 18.3 Å². The molecule has 0 aliphatic carbocycles. The van der Waals surface area contributed by atoms with Crippen molar-refractivity contribution in [2.75, 3.05) is 6.61 Å². The second kappa shape index (κ2) is 3.50. The van der Waals surface area contributed by atoms with E-state index in [0.29, 0.717) is 0 Å². The standard InChI is InChI=1S/C5H6F3O/c6-5(7,8)3-1-2-4-9/h1-2H,3-4H2/b2-1+. The summed E-state index contributed by atoms with van der Waals surface area (Å²) in [7, 11) is 0. The molecular formula is C5H6F3O. The van der Waals surface area contributed by atoms with Gasteiger partial charge in [-0.15, -0.1) is 0 Å². The van der Waals surface area contributed by atoms with Gasteiger partial charge in [0.2, 0.25) is 0 Å². The van der Waals surface area contributed by atoms with Gasteiger partial charge >= 0.3 is 6.18 Å². The molecule has 0 saturated heterocycles. The fraction of sp³-hybridized carbons (Fsp3) is 0.600. The summed E-state index contributed by atoms with van der Waals surface area (Å²) in [5.74, 6) is 0. The Balaban J connectivity index is 3.38. The van der Waals surface area contributed by atoms with E-state index in [4.69, 9.17) is 0 Å². The van der Waals surface area contributed by atoms with Crippen LogP contribution in [0.4, 0.5) is 13.2 Å². The molecule has 0 aromatic rings. The van der Waals surface area contributed by atoms with Gasteiger partial charge in [0, 0.05) is 0 Å². The highest BCUT2D eigenvalue weighted by Crippen LogP contribution is 2.19. The average molecular weight is 139 g/mol. The largest absolute Gasteiger partial charge is 0.392 e. The molecule has 1 radical (unpaired) electrons. The van der Waals surface area contributed by atoms with E-state index >= 15 is 0 Å². The third-order valence-electron chi connectivity index (χ3n) is 0.612. The van der Waals surface area contributed by atoms with Gasteiger partial charge in [-0.05, 0) is 0 Å². The molecule has 0 amide bonds. The maximum Gasteiger partial charge on any atom is 0.392 e. The van der Waals surface area contributed by atoms with Crippen molar-refractivity contribution in [1.82, 2.24) is 0 Å². The van der Waals surface area contributed by atoms with E-state index in [2.05, 4.69) is 0 Å². The van der Waals surface area contributed by atoms with Gasteiger partial charge in [-0.25, -0.2) is 5.11 Å². The second-order valence-corrected chi connectivity index (χ2v) is 1.46. The smallest absolute Gasteiger partial charge is 0.232 e. The van der Waals surface area contributed by atoms with E-state index in [-0.39, 0.29) is 0 Å². The topological polar surface area (TPSA) is 19.9 Å². The lowest BCUT2D eigenvalue weighted by Crippen LogP contribution is -2.04. The molecule has 0 bridgehead atoms. The summed E-state index contributed by atoms with van der Waals surface area (Å²) in [6, 6.07) is 0. The molecule has 0 atom stereocenters. The van der Waals surface area contributed by atoms with Crippen LogP contribution >= 0.6 is 0 Å². The zero-order valence-electron chi connectivity index (χ0n) is 4.61. The van der Waals surface area contributed by atoms with E-state index < -0.39 is 19.2 Å². The van der Waals surface area contributed by atoms with E-state index in [1.54, 1.807) is 0 Å². The summed E-state index contributed by atoms with van der Waals surface area (Å²) in [5.41, 5.74) is 0. The molecule has 0 aromatic carbocycles. The van der Waals surface area contributed by atoms with E-state index in [1.807, 2.05) is 0 Å². The van der Waals surface area contributed by atoms with E-state index in [1.165, 1.54) is 0 Å².